The van der Waals surface area contributed by atoms with Gasteiger partial charge in [-0.15, -0.1) is 0 Å². The number of carbonyl (C=O) groups excluding carboxylic acids is 2. The average molecular weight is 505 g/mol. The van der Waals surface area contributed by atoms with Crippen LogP contribution in [0.1, 0.15) is 82.5 Å². The van der Waals surface area contributed by atoms with Gasteiger partial charge in [0.1, 0.15) is 11.5 Å². The van der Waals surface area contributed by atoms with Crippen LogP contribution in [0.25, 0.3) is 5.76 Å². The molecule has 0 spiro atoms. The molecule has 1 N–H and O–H groups in total. The fraction of sp³-hybridized carbons (Fsp3) is 0.484. The third kappa shape index (κ3) is 5.25. The lowest BCUT2D eigenvalue weighted by Gasteiger charge is -2.35. The van der Waals surface area contributed by atoms with Crippen LogP contribution in [0.4, 0.5) is 5.69 Å². The number of rotatable bonds is 6. The highest BCUT2D eigenvalue weighted by Crippen LogP contribution is 2.44. The summed E-state index contributed by atoms with van der Waals surface area (Å²) in [5.41, 5.74) is 3.24. The summed E-state index contributed by atoms with van der Waals surface area (Å²) in [6.07, 6.45) is 4.96. The van der Waals surface area contributed by atoms with Gasteiger partial charge in [0.2, 0.25) is 0 Å². The number of hydrogen-bond donors (Lipinski definition) is 1. The van der Waals surface area contributed by atoms with Crippen molar-refractivity contribution in [3.63, 3.8) is 0 Å². The van der Waals surface area contributed by atoms with Gasteiger partial charge in [0.15, 0.2) is 0 Å². The summed E-state index contributed by atoms with van der Waals surface area (Å²) in [5, 5.41) is 11.6. The summed E-state index contributed by atoms with van der Waals surface area (Å²) in [4.78, 5) is 30.8. The van der Waals surface area contributed by atoms with E-state index >= 15 is 0 Å². The summed E-state index contributed by atoms with van der Waals surface area (Å²) in [5.74, 6) is -0.509. The highest BCUT2D eigenvalue weighted by atomic mass is 16.5. The minimum atomic E-state index is -0.621. The van der Waals surface area contributed by atoms with Crippen molar-refractivity contribution >= 4 is 23.1 Å². The first-order chi connectivity index (χ1) is 17.5. The van der Waals surface area contributed by atoms with Gasteiger partial charge in [-0.3, -0.25) is 9.59 Å². The number of likely N-dealkylation sites (tertiary alicyclic amines) is 1. The minimum absolute atomic E-state index is 0.0144. The first-order valence-corrected chi connectivity index (χ1v) is 13.4. The van der Waals surface area contributed by atoms with E-state index in [9.17, 15) is 14.7 Å². The number of ketones is 1. The van der Waals surface area contributed by atoms with E-state index in [-0.39, 0.29) is 22.8 Å². The molecule has 0 bridgehead atoms. The van der Waals surface area contributed by atoms with Gasteiger partial charge >= 0.3 is 0 Å². The Morgan fingerprint density at radius 2 is 1.68 bits per heavy atom. The zero-order valence-corrected chi connectivity index (χ0v) is 23.0. The van der Waals surface area contributed by atoms with E-state index < -0.39 is 17.7 Å². The molecule has 2 aromatic carbocycles. The lowest BCUT2D eigenvalue weighted by molar-refractivity contribution is -0.141. The highest BCUT2D eigenvalue weighted by Gasteiger charge is 2.49. The number of anilines is 1. The molecule has 0 aromatic heterocycles. The molecule has 6 nitrogen and oxygen atoms in total. The molecule has 1 unspecified atom stereocenters. The van der Waals surface area contributed by atoms with Crippen molar-refractivity contribution < 1.29 is 19.4 Å². The van der Waals surface area contributed by atoms with Crippen LogP contribution < -0.4 is 9.64 Å². The molecule has 0 radical (unpaired) electrons. The van der Waals surface area contributed by atoms with Gasteiger partial charge in [-0.25, -0.2) is 0 Å². The SMILES string of the molecule is CCOc1ccc(/C(O)=C2/C(=O)C(=O)N(C3CCCCC3)C2c2ccc(N(C)C)cc2)cc1C(C)(C)C. The molecule has 1 aliphatic carbocycles. The second kappa shape index (κ2) is 10.6. The Morgan fingerprint density at radius 1 is 1.03 bits per heavy atom. The van der Waals surface area contributed by atoms with E-state index in [4.69, 9.17) is 4.74 Å². The van der Waals surface area contributed by atoms with E-state index in [1.165, 1.54) is 0 Å². The molecular weight excluding hydrogens is 464 g/mol. The molecule has 1 atom stereocenters. The maximum atomic E-state index is 13.5. The summed E-state index contributed by atoms with van der Waals surface area (Å²) in [7, 11) is 3.95. The zero-order chi connectivity index (χ0) is 26.9. The molecule has 2 aromatic rings. The monoisotopic (exact) mass is 504 g/mol. The third-order valence-electron chi connectivity index (χ3n) is 7.53. The van der Waals surface area contributed by atoms with Crippen LogP contribution in [0.5, 0.6) is 5.75 Å². The van der Waals surface area contributed by atoms with E-state index in [1.54, 1.807) is 11.0 Å². The Bertz CT molecular complexity index is 1180. The molecule has 1 heterocycles. The topological polar surface area (TPSA) is 70.1 Å². The van der Waals surface area contributed by atoms with Crippen molar-refractivity contribution in [2.45, 2.75) is 77.3 Å². The number of hydrogen-bond acceptors (Lipinski definition) is 5. The van der Waals surface area contributed by atoms with E-state index in [0.29, 0.717) is 12.2 Å². The fourth-order valence-corrected chi connectivity index (χ4v) is 5.57. The molecule has 1 saturated heterocycles. The van der Waals surface area contributed by atoms with E-state index in [1.807, 2.05) is 62.3 Å². The largest absolute Gasteiger partial charge is 0.507 e. The van der Waals surface area contributed by atoms with Crippen molar-refractivity contribution in [1.82, 2.24) is 4.90 Å². The normalized spacial score (nSPS) is 20.4. The molecular formula is C31H40N2O4. The fourth-order valence-electron chi connectivity index (χ4n) is 5.57. The zero-order valence-electron chi connectivity index (χ0n) is 23.0. The van der Waals surface area contributed by atoms with Crippen LogP contribution in [-0.4, -0.2) is 48.4 Å². The van der Waals surface area contributed by atoms with Crippen LogP contribution in [0.3, 0.4) is 0 Å². The van der Waals surface area contributed by atoms with Crippen molar-refractivity contribution in [2.75, 3.05) is 25.6 Å². The molecule has 4 rings (SSSR count). The summed E-state index contributed by atoms with van der Waals surface area (Å²) in [6, 6.07) is 12.8. The molecule has 2 aliphatic rings. The predicted octanol–water partition coefficient (Wildman–Crippen LogP) is 6.20. The van der Waals surface area contributed by atoms with Gasteiger partial charge in [-0.2, -0.15) is 0 Å². The predicted molar refractivity (Wildman–Crippen MR) is 148 cm³/mol. The number of aliphatic hydroxyl groups is 1. The lowest BCUT2D eigenvalue weighted by atomic mass is 9.84. The van der Waals surface area contributed by atoms with Crippen molar-refractivity contribution in [1.29, 1.82) is 0 Å². The lowest BCUT2D eigenvalue weighted by Crippen LogP contribution is -2.40. The molecule has 198 valence electrons. The van der Waals surface area contributed by atoms with Gasteiger partial charge in [0.25, 0.3) is 11.7 Å². The summed E-state index contributed by atoms with van der Waals surface area (Å²) < 4.78 is 5.85. The van der Waals surface area contributed by atoms with E-state index in [2.05, 4.69) is 20.8 Å². The van der Waals surface area contributed by atoms with Gasteiger partial charge in [0, 0.05) is 37.0 Å². The smallest absolute Gasteiger partial charge is 0.295 e. The molecule has 1 aliphatic heterocycles. The molecule has 1 saturated carbocycles. The maximum Gasteiger partial charge on any atom is 0.295 e. The molecule has 2 fully saturated rings. The number of nitrogens with zero attached hydrogens (tertiary/aromatic N) is 2. The molecule has 6 heteroatoms. The van der Waals surface area contributed by atoms with Gasteiger partial charge in [-0.1, -0.05) is 52.2 Å². The first-order valence-electron chi connectivity index (χ1n) is 13.4. The van der Waals surface area contributed by atoms with Crippen molar-refractivity contribution in [3.05, 3.63) is 64.7 Å². The van der Waals surface area contributed by atoms with Crippen LogP contribution in [0.15, 0.2) is 48.0 Å². The maximum absolute atomic E-state index is 13.5. The van der Waals surface area contributed by atoms with E-state index in [0.717, 1.165) is 54.7 Å². The number of benzene rings is 2. The Balaban J connectivity index is 1.88. The van der Waals surface area contributed by atoms with Crippen LogP contribution in [0, 0.1) is 0 Å². The van der Waals surface area contributed by atoms with Crippen LogP contribution in [-0.2, 0) is 15.0 Å². The summed E-state index contributed by atoms with van der Waals surface area (Å²) >= 11 is 0. The first kappa shape index (κ1) is 26.8. The summed E-state index contributed by atoms with van der Waals surface area (Å²) in [6.45, 7) is 8.73. The number of aliphatic hydroxyl groups excluding tert-OH is 1. The van der Waals surface area contributed by atoms with Gasteiger partial charge < -0.3 is 19.6 Å². The number of amides is 1. The Morgan fingerprint density at radius 3 is 2.24 bits per heavy atom. The standard InChI is InChI=1S/C31H40N2O4/c1-7-37-25-18-15-21(19-24(25)31(2,3)4)28(34)26-27(20-13-16-22(17-14-20)32(5)6)33(30(36)29(26)35)23-11-9-8-10-12-23/h13-19,23,27,34H,7-12H2,1-6H3/b28-26-. The number of Topliss-reactive ketones (excluding diaryl/α,β-unsaturated/α-hetero) is 1. The van der Waals surface area contributed by atoms with Crippen molar-refractivity contribution in [3.8, 4) is 5.75 Å². The highest BCUT2D eigenvalue weighted by molar-refractivity contribution is 6.46. The van der Waals surface area contributed by atoms with Gasteiger partial charge in [-0.05, 0) is 61.1 Å². The third-order valence-corrected chi connectivity index (χ3v) is 7.53. The quantitative estimate of drug-likeness (QED) is 0.288. The van der Waals surface area contributed by atoms with Crippen molar-refractivity contribution in [2.24, 2.45) is 0 Å². The average Bonchev–Trinajstić information content (AvgIpc) is 3.14. The molecule has 1 amide bonds. The van der Waals surface area contributed by atoms with Gasteiger partial charge in [0.05, 0.1) is 18.2 Å². The Hall–Kier alpha value is -3.28. The Kier molecular flexibility index (Phi) is 7.67. The number of carbonyl (C=O) groups is 2. The minimum Gasteiger partial charge on any atom is -0.507 e. The Labute approximate surface area is 220 Å². The number of ether oxygens (including phenoxy) is 1. The van der Waals surface area contributed by atoms with Crippen LogP contribution in [0.2, 0.25) is 0 Å². The second-order valence-corrected chi connectivity index (χ2v) is 11.4. The molecule has 37 heavy (non-hydrogen) atoms. The van der Waals surface area contributed by atoms with Crippen LogP contribution >= 0.6 is 0 Å². The second-order valence-electron chi connectivity index (χ2n) is 11.4.